The molecular formula is C71H46N2O. The lowest BCUT2D eigenvalue weighted by Crippen LogP contribution is -2.28. The minimum Gasteiger partial charge on any atom is -0.455 e. The van der Waals surface area contributed by atoms with Crippen LogP contribution in [-0.4, -0.2) is 4.57 Å². The van der Waals surface area contributed by atoms with E-state index < -0.39 is 5.41 Å². The molecule has 0 saturated carbocycles. The summed E-state index contributed by atoms with van der Waals surface area (Å²) in [7, 11) is 0. The average molecular weight is 943 g/mol. The molecule has 0 unspecified atom stereocenters. The van der Waals surface area contributed by atoms with Crippen LogP contribution < -0.4 is 4.90 Å². The van der Waals surface area contributed by atoms with Crippen molar-refractivity contribution >= 4 is 71.6 Å². The normalized spacial score (nSPS) is 12.7. The highest BCUT2D eigenvalue weighted by molar-refractivity contribution is 6.14. The van der Waals surface area contributed by atoms with Crippen LogP contribution in [-0.2, 0) is 5.41 Å². The van der Waals surface area contributed by atoms with Crippen molar-refractivity contribution in [3.63, 3.8) is 0 Å². The molecule has 3 nitrogen and oxygen atoms in total. The lowest BCUT2D eigenvalue weighted by molar-refractivity contribution is 0.670. The van der Waals surface area contributed by atoms with Crippen LogP contribution in [0.2, 0.25) is 0 Å². The molecule has 74 heavy (non-hydrogen) atoms. The van der Waals surface area contributed by atoms with Crippen LogP contribution in [0, 0.1) is 0 Å². The molecule has 0 N–H and O–H groups in total. The average Bonchev–Trinajstić information content (AvgIpc) is 4.12. The number of para-hydroxylation sites is 3. The van der Waals surface area contributed by atoms with Gasteiger partial charge in [0.05, 0.1) is 16.4 Å². The largest absolute Gasteiger partial charge is 0.455 e. The number of hydrogen-bond acceptors (Lipinski definition) is 2. The van der Waals surface area contributed by atoms with Crippen molar-refractivity contribution < 1.29 is 4.42 Å². The van der Waals surface area contributed by atoms with Crippen LogP contribution in [0.5, 0.6) is 0 Å². The topological polar surface area (TPSA) is 21.3 Å². The zero-order valence-corrected chi connectivity index (χ0v) is 40.4. The number of hydrogen-bond donors (Lipinski definition) is 0. The summed E-state index contributed by atoms with van der Waals surface area (Å²) < 4.78 is 8.92. The van der Waals surface area contributed by atoms with Crippen LogP contribution in [0.1, 0.15) is 22.3 Å². The zero-order chi connectivity index (χ0) is 48.7. The Morgan fingerprint density at radius 1 is 0.324 bits per heavy atom. The monoisotopic (exact) mass is 942 g/mol. The Hall–Kier alpha value is -9.70. The second-order valence-electron chi connectivity index (χ2n) is 19.6. The Bertz CT molecular complexity index is 4410. The van der Waals surface area contributed by atoms with Gasteiger partial charge in [-0.05, 0) is 134 Å². The molecule has 0 aliphatic heterocycles. The Morgan fingerprint density at radius 2 is 0.865 bits per heavy atom. The third-order valence-corrected chi connectivity index (χ3v) is 15.7. The smallest absolute Gasteiger partial charge is 0.143 e. The first-order valence-electron chi connectivity index (χ1n) is 25.5. The van der Waals surface area contributed by atoms with E-state index in [4.69, 9.17) is 4.42 Å². The summed E-state index contributed by atoms with van der Waals surface area (Å²) in [6.07, 6.45) is 0. The molecule has 15 rings (SSSR count). The zero-order valence-electron chi connectivity index (χ0n) is 40.4. The molecule has 346 valence electrons. The van der Waals surface area contributed by atoms with Gasteiger partial charge in [-0.3, -0.25) is 0 Å². The fourth-order valence-electron chi connectivity index (χ4n) is 12.3. The lowest BCUT2D eigenvalue weighted by atomic mass is 9.68. The van der Waals surface area contributed by atoms with Gasteiger partial charge in [-0.15, -0.1) is 0 Å². The molecule has 0 spiro atoms. The molecule has 0 saturated heterocycles. The Kier molecular flexibility index (Phi) is 9.48. The molecule has 0 radical (unpaired) electrons. The van der Waals surface area contributed by atoms with E-state index in [1.54, 1.807) is 0 Å². The third kappa shape index (κ3) is 6.40. The first kappa shape index (κ1) is 42.0. The summed E-state index contributed by atoms with van der Waals surface area (Å²) in [6, 6.07) is 102. The van der Waals surface area contributed by atoms with E-state index in [2.05, 4.69) is 276 Å². The van der Waals surface area contributed by atoms with Gasteiger partial charge in [0.1, 0.15) is 11.2 Å². The second-order valence-corrected chi connectivity index (χ2v) is 19.6. The molecular weight excluding hydrogens is 897 g/mol. The summed E-state index contributed by atoms with van der Waals surface area (Å²) in [5.74, 6) is 0. The Morgan fingerprint density at radius 3 is 1.59 bits per heavy atom. The molecule has 0 amide bonds. The van der Waals surface area contributed by atoms with E-state index >= 15 is 0 Å². The summed E-state index contributed by atoms with van der Waals surface area (Å²) >= 11 is 0. The molecule has 12 aromatic carbocycles. The van der Waals surface area contributed by atoms with E-state index in [-0.39, 0.29) is 0 Å². The van der Waals surface area contributed by atoms with Crippen molar-refractivity contribution in [1.82, 2.24) is 4.57 Å². The summed E-state index contributed by atoms with van der Waals surface area (Å²) in [5.41, 5.74) is 20.1. The number of anilines is 3. The van der Waals surface area contributed by atoms with Gasteiger partial charge in [-0.25, -0.2) is 0 Å². The molecule has 1 aliphatic rings. The van der Waals surface area contributed by atoms with Crippen LogP contribution in [0.4, 0.5) is 17.1 Å². The standard InChI is InChI=1S/C71H46N2O/c1-3-18-52(19-4-1)71(53-20-5-2-6-21-53)65-27-12-9-22-59(65)63-46-57(42-43-66(63)71)72(55-40-34-49(35-41-55)58-25-15-26-62-61-24-11-14-29-69(61)74-70(58)62)54-36-30-47(31-37-54)48-32-38-56(39-33-48)73-67-28-13-10-23-60(67)64-44-50-16-7-8-17-51(50)45-68(64)73/h1-46H. The summed E-state index contributed by atoms with van der Waals surface area (Å²) in [6.45, 7) is 0. The van der Waals surface area contributed by atoms with Crippen LogP contribution in [0.15, 0.2) is 283 Å². The van der Waals surface area contributed by atoms with Crippen LogP contribution in [0.3, 0.4) is 0 Å². The molecule has 2 heterocycles. The minimum atomic E-state index is -0.482. The highest BCUT2D eigenvalue weighted by atomic mass is 16.3. The van der Waals surface area contributed by atoms with Gasteiger partial charge >= 0.3 is 0 Å². The fourth-order valence-corrected chi connectivity index (χ4v) is 12.3. The molecule has 0 fully saturated rings. The van der Waals surface area contributed by atoms with Gasteiger partial charge in [0.2, 0.25) is 0 Å². The van der Waals surface area contributed by atoms with Crippen molar-refractivity contribution in [3.05, 3.63) is 301 Å². The molecule has 0 bridgehead atoms. The molecule has 3 heteroatoms. The Labute approximate surface area is 429 Å². The third-order valence-electron chi connectivity index (χ3n) is 15.7. The summed E-state index contributed by atoms with van der Waals surface area (Å²) in [5, 5.41) is 7.27. The van der Waals surface area contributed by atoms with E-state index in [9.17, 15) is 0 Å². The number of nitrogens with zero attached hydrogens (tertiary/aromatic N) is 2. The number of rotatable bonds is 8. The van der Waals surface area contributed by atoms with Crippen molar-refractivity contribution in [3.8, 4) is 39.1 Å². The first-order valence-corrected chi connectivity index (χ1v) is 25.5. The van der Waals surface area contributed by atoms with Crippen LogP contribution >= 0.6 is 0 Å². The number of benzene rings is 12. The van der Waals surface area contributed by atoms with Gasteiger partial charge in [-0.1, -0.05) is 206 Å². The predicted molar refractivity (Wildman–Crippen MR) is 308 cm³/mol. The van der Waals surface area contributed by atoms with Gasteiger partial charge in [-0.2, -0.15) is 0 Å². The SMILES string of the molecule is c1ccc(C2(c3ccccc3)c3ccccc3-c3cc(N(c4ccc(-c5ccc(-n6c7ccccc7c7cc8ccccc8cc76)cc5)cc4)c4ccc(-c5cccc6c5oc5ccccc56)cc4)ccc32)cc1. The lowest BCUT2D eigenvalue weighted by Gasteiger charge is -2.34. The number of aromatic nitrogens is 1. The van der Waals surface area contributed by atoms with E-state index in [1.807, 2.05) is 12.1 Å². The molecule has 1 aliphatic carbocycles. The van der Waals surface area contributed by atoms with E-state index in [0.29, 0.717) is 0 Å². The Balaban J connectivity index is 0.849. The van der Waals surface area contributed by atoms with Crippen molar-refractivity contribution in [2.24, 2.45) is 0 Å². The summed E-state index contributed by atoms with van der Waals surface area (Å²) in [4.78, 5) is 2.40. The number of furan rings is 1. The van der Waals surface area contributed by atoms with Gasteiger partial charge in [0, 0.05) is 49.9 Å². The maximum absolute atomic E-state index is 6.52. The molecule has 2 aromatic heterocycles. The second kappa shape index (κ2) is 16.7. The molecule has 14 aromatic rings. The minimum absolute atomic E-state index is 0.482. The van der Waals surface area contributed by atoms with Crippen LogP contribution in [0.25, 0.3) is 93.6 Å². The van der Waals surface area contributed by atoms with Gasteiger partial charge in [0.25, 0.3) is 0 Å². The predicted octanol–water partition coefficient (Wildman–Crippen LogP) is 19.0. The van der Waals surface area contributed by atoms with E-state index in [0.717, 1.165) is 66.9 Å². The van der Waals surface area contributed by atoms with Gasteiger partial charge < -0.3 is 13.9 Å². The van der Waals surface area contributed by atoms with Crippen molar-refractivity contribution in [2.75, 3.05) is 4.90 Å². The maximum Gasteiger partial charge on any atom is 0.143 e. The van der Waals surface area contributed by atoms with Crippen molar-refractivity contribution in [1.29, 1.82) is 0 Å². The van der Waals surface area contributed by atoms with E-state index in [1.165, 1.54) is 66.0 Å². The first-order chi connectivity index (χ1) is 36.7. The maximum atomic E-state index is 6.52. The molecule has 0 atom stereocenters. The highest BCUT2D eigenvalue weighted by Gasteiger charge is 2.46. The fraction of sp³-hybridized carbons (Fsp3) is 0.0141. The van der Waals surface area contributed by atoms with Gasteiger partial charge in [0.15, 0.2) is 0 Å². The number of fused-ring (bicyclic) bond motifs is 10. The highest BCUT2D eigenvalue weighted by Crippen LogP contribution is 2.57. The van der Waals surface area contributed by atoms with Crippen molar-refractivity contribution in [2.45, 2.75) is 5.41 Å². The quantitative estimate of drug-likeness (QED) is 0.151.